The van der Waals surface area contributed by atoms with Gasteiger partial charge < -0.3 is 9.84 Å². The van der Waals surface area contributed by atoms with Gasteiger partial charge in [0.05, 0.1) is 6.61 Å². The fourth-order valence-corrected chi connectivity index (χ4v) is 2.24. The molecule has 0 radical (unpaired) electrons. The lowest BCUT2D eigenvalue weighted by atomic mass is 10.1. The highest BCUT2D eigenvalue weighted by atomic mass is 32.1. The van der Waals surface area contributed by atoms with Crippen LogP contribution in [0.1, 0.15) is 29.3 Å². The van der Waals surface area contributed by atoms with Gasteiger partial charge in [0, 0.05) is 24.4 Å². The summed E-state index contributed by atoms with van der Waals surface area (Å²) in [6.07, 6.45) is 4.75. The van der Waals surface area contributed by atoms with Crippen LogP contribution in [0.4, 0.5) is 0 Å². The van der Waals surface area contributed by atoms with Gasteiger partial charge in [-0.1, -0.05) is 18.7 Å². The van der Waals surface area contributed by atoms with E-state index in [0.717, 1.165) is 10.5 Å². The Bertz CT molecular complexity index is 451. The van der Waals surface area contributed by atoms with Crippen LogP contribution in [-0.2, 0) is 9.53 Å². The fourth-order valence-electron chi connectivity index (χ4n) is 1.43. The van der Waals surface area contributed by atoms with Crippen LogP contribution in [-0.4, -0.2) is 22.7 Å². The van der Waals surface area contributed by atoms with Gasteiger partial charge in [-0.3, -0.25) is 4.79 Å². The van der Waals surface area contributed by atoms with E-state index in [1.807, 2.05) is 6.92 Å². The van der Waals surface area contributed by atoms with Gasteiger partial charge in [0.25, 0.3) is 0 Å². The third-order valence-corrected chi connectivity index (χ3v) is 3.22. The lowest BCUT2D eigenvalue weighted by molar-refractivity contribution is -0.140. The number of carbonyl (C=O) groups is 1. The smallest absolute Gasteiger partial charge is 0.302 e. The Morgan fingerprint density at radius 3 is 2.94 bits per heavy atom. The van der Waals surface area contributed by atoms with E-state index >= 15 is 0 Å². The van der Waals surface area contributed by atoms with Gasteiger partial charge in [-0.25, -0.2) is 4.98 Å². The van der Waals surface area contributed by atoms with E-state index in [1.165, 1.54) is 18.3 Å². The van der Waals surface area contributed by atoms with E-state index in [-0.39, 0.29) is 12.6 Å². The van der Waals surface area contributed by atoms with Crippen LogP contribution in [0.3, 0.4) is 0 Å². The SMILES string of the molecule is C=C/C=C(\CCOC(C)=O)[C@H](O)c1ncc(C)s1. The largest absolute Gasteiger partial charge is 0.466 e. The molecule has 1 heterocycles. The number of rotatable bonds is 6. The molecule has 0 aliphatic rings. The Morgan fingerprint density at radius 1 is 1.72 bits per heavy atom. The number of carbonyl (C=O) groups excluding carboxylic acids is 1. The molecule has 0 unspecified atom stereocenters. The zero-order valence-corrected chi connectivity index (χ0v) is 11.4. The van der Waals surface area contributed by atoms with Crippen LogP contribution in [0, 0.1) is 6.92 Å². The summed E-state index contributed by atoms with van der Waals surface area (Å²) in [5, 5.41) is 10.8. The minimum absolute atomic E-state index is 0.246. The van der Waals surface area contributed by atoms with Gasteiger partial charge in [0.2, 0.25) is 0 Å². The number of aromatic nitrogens is 1. The van der Waals surface area contributed by atoms with Crippen molar-refractivity contribution < 1.29 is 14.6 Å². The summed E-state index contributed by atoms with van der Waals surface area (Å²) in [7, 11) is 0. The van der Waals surface area contributed by atoms with Gasteiger partial charge in [0.15, 0.2) is 0 Å². The van der Waals surface area contributed by atoms with Crippen LogP contribution >= 0.6 is 11.3 Å². The molecule has 0 aromatic carbocycles. The quantitative estimate of drug-likeness (QED) is 0.635. The predicted octanol–water partition coefficient (Wildman–Crippen LogP) is 2.55. The molecule has 0 saturated heterocycles. The van der Waals surface area contributed by atoms with Crippen molar-refractivity contribution in [1.29, 1.82) is 0 Å². The first-order chi connectivity index (χ1) is 8.54. The topological polar surface area (TPSA) is 59.4 Å². The van der Waals surface area contributed by atoms with E-state index in [4.69, 9.17) is 4.74 Å². The summed E-state index contributed by atoms with van der Waals surface area (Å²) in [5.41, 5.74) is 0.737. The highest BCUT2D eigenvalue weighted by Crippen LogP contribution is 2.27. The van der Waals surface area contributed by atoms with Crippen LogP contribution in [0.2, 0.25) is 0 Å². The molecule has 0 spiro atoms. The monoisotopic (exact) mass is 267 g/mol. The summed E-state index contributed by atoms with van der Waals surface area (Å²) in [5.74, 6) is -0.326. The molecule has 1 aromatic rings. The summed E-state index contributed by atoms with van der Waals surface area (Å²) < 4.78 is 4.87. The molecule has 0 bridgehead atoms. The third kappa shape index (κ3) is 4.43. The lowest BCUT2D eigenvalue weighted by Gasteiger charge is -2.12. The standard InChI is InChI=1S/C13H17NO3S/c1-4-5-11(6-7-17-10(3)15)12(16)13-14-8-9(2)18-13/h4-5,8,12,16H,1,6-7H2,2-3H3/b11-5+/t12-/m0/s1. The molecule has 0 saturated carbocycles. The second-order valence-electron chi connectivity index (χ2n) is 3.78. The first kappa shape index (κ1) is 14.6. The van der Waals surface area contributed by atoms with Crippen molar-refractivity contribution in [2.75, 3.05) is 6.61 Å². The molecule has 0 aliphatic carbocycles. The molecule has 1 atom stereocenters. The highest BCUT2D eigenvalue weighted by Gasteiger charge is 2.16. The fraction of sp³-hybridized carbons (Fsp3) is 0.385. The Hall–Kier alpha value is -1.46. The van der Waals surface area contributed by atoms with Crippen molar-refractivity contribution in [2.24, 2.45) is 0 Å². The van der Waals surface area contributed by atoms with Crippen molar-refractivity contribution in [3.05, 3.63) is 40.4 Å². The van der Waals surface area contributed by atoms with E-state index in [0.29, 0.717) is 11.4 Å². The second kappa shape index (κ2) is 7.08. The first-order valence-corrected chi connectivity index (χ1v) is 6.41. The summed E-state index contributed by atoms with van der Waals surface area (Å²) in [6, 6.07) is 0. The average molecular weight is 267 g/mol. The third-order valence-electron chi connectivity index (χ3n) is 2.25. The lowest BCUT2D eigenvalue weighted by Crippen LogP contribution is -2.07. The van der Waals surface area contributed by atoms with Gasteiger partial charge in [-0.2, -0.15) is 0 Å². The maximum absolute atomic E-state index is 10.7. The van der Waals surface area contributed by atoms with Crippen LogP contribution in [0.15, 0.2) is 30.5 Å². The molecule has 5 heteroatoms. The molecule has 98 valence electrons. The number of esters is 1. The van der Waals surface area contributed by atoms with Gasteiger partial charge in [-0.15, -0.1) is 11.3 Å². The zero-order chi connectivity index (χ0) is 13.5. The molecule has 0 fully saturated rings. The van der Waals surface area contributed by atoms with Crippen LogP contribution < -0.4 is 0 Å². The van der Waals surface area contributed by atoms with Crippen molar-refractivity contribution in [3.8, 4) is 0 Å². The Kier molecular flexibility index (Phi) is 5.74. The van der Waals surface area contributed by atoms with Crippen molar-refractivity contribution in [1.82, 2.24) is 4.98 Å². The molecule has 1 N–H and O–H groups in total. The van der Waals surface area contributed by atoms with Gasteiger partial charge >= 0.3 is 5.97 Å². The molecule has 0 aliphatic heterocycles. The maximum atomic E-state index is 10.7. The Labute approximate surface area is 111 Å². The number of nitrogens with zero attached hydrogens (tertiary/aromatic N) is 1. The van der Waals surface area contributed by atoms with Crippen LogP contribution in [0.5, 0.6) is 0 Å². The molecule has 18 heavy (non-hydrogen) atoms. The number of hydrogen-bond donors (Lipinski definition) is 1. The average Bonchev–Trinajstić information content (AvgIpc) is 2.73. The van der Waals surface area contributed by atoms with E-state index in [2.05, 4.69) is 11.6 Å². The Balaban J connectivity index is 2.69. The minimum atomic E-state index is -0.766. The molecular formula is C13H17NO3S. The molecule has 1 aromatic heterocycles. The second-order valence-corrected chi connectivity index (χ2v) is 5.05. The van der Waals surface area contributed by atoms with Crippen molar-refractivity contribution in [2.45, 2.75) is 26.4 Å². The van der Waals surface area contributed by atoms with E-state index in [9.17, 15) is 9.90 Å². The molecular weight excluding hydrogens is 250 g/mol. The Morgan fingerprint density at radius 2 is 2.44 bits per heavy atom. The summed E-state index contributed by atoms with van der Waals surface area (Å²) >= 11 is 1.45. The van der Waals surface area contributed by atoms with Crippen molar-refractivity contribution >= 4 is 17.3 Å². The van der Waals surface area contributed by atoms with Crippen molar-refractivity contribution in [3.63, 3.8) is 0 Å². The normalized spacial score (nSPS) is 13.2. The molecule has 0 amide bonds. The number of aryl methyl sites for hydroxylation is 1. The number of aliphatic hydroxyl groups excluding tert-OH is 1. The van der Waals surface area contributed by atoms with Gasteiger partial charge in [0.1, 0.15) is 11.1 Å². The number of hydrogen-bond acceptors (Lipinski definition) is 5. The minimum Gasteiger partial charge on any atom is -0.466 e. The number of aliphatic hydroxyl groups is 1. The summed E-state index contributed by atoms with van der Waals surface area (Å²) in [4.78, 5) is 15.9. The maximum Gasteiger partial charge on any atom is 0.302 e. The molecule has 1 rings (SSSR count). The van der Waals surface area contributed by atoms with Gasteiger partial charge in [-0.05, 0) is 12.5 Å². The highest BCUT2D eigenvalue weighted by molar-refractivity contribution is 7.11. The number of ether oxygens (including phenoxy) is 1. The summed E-state index contributed by atoms with van der Waals surface area (Å²) in [6.45, 7) is 7.15. The number of thiazole rings is 1. The predicted molar refractivity (Wildman–Crippen MR) is 71.3 cm³/mol. The van der Waals surface area contributed by atoms with E-state index < -0.39 is 6.10 Å². The van der Waals surface area contributed by atoms with E-state index in [1.54, 1.807) is 18.3 Å². The first-order valence-electron chi connectivity index (χ1n) is 5.60. The number of allylic oxidation sites excluding steroid dienone is 2. The van der Waals surface area contributed by atoms with Crippen LogP contribution in [0.25, 0.3) is 0 Å². The molecule has 4 nitrogen and oxygen atoms in total. The zero-order valence-electron chi connectivity index (χ0n) is 10.5.